The molecule has 0 saturated carbocycles. The third-order valence-electron chi connectivity index (χ3n) is 4.99. The van der Waals surface area contributed by atoms with E-state index in [1.54, 1.807) is 37.4 Å². The molecule has 0 atom stereocenters. The Kier molecular flexibility index (Phi) is 4.48. The number of ether oxygens (including phenoxy) is 1. The summed E-state index contributed by atoms with van der Waals surface area (Å²) in [6, 6.07) is 19.7. The molecule has 31 heavy (non-hydrogen) atoms. The number of rotatable bonds is 4. The number of methoxy groups -OCH3 is 1. The van der Waals surface area contributed by atoms with Gasteiger partial charge < -0.3 is 13.6 Å². The van der Waals surface area contributed by atoms with Crippen molar-refractivity contribution in [3.05, 3.63) is 89.0 Å². The van der Waals surface area contributed by atoms with Gasteiger partial charge in [-0.2, -0.15) is 4.98 Å². The molecule has 0 aliphatic carbocycles. The van der Waals surface area contributed by atoms with E-state index in [1.165, 1.54) is 6.26 Å². The molecule has 1 amide bonds. The second kappa shape index (κ2) is 7.46. The molecular formula is C24H16N2O5. The van der Waals surface area contributed by atoms with E-state index >= 15 is 0 Å². The Hall–Kier alpha value is -4.39. The SMILES string of the molecule is COc1ccc(C(=O)Nc2nc(-c3cc4ccccc4oc3=O)co2)c2ccccc12. The van der Waals surface area contributed by atoms with Crippen molar-refractivity contribution in [1.29, 1.82) is 0 Å². The molecule has 7 nitrogen and oxygen atoms in total. The number of hydrogen-bond acceptors (Lipinski definition) is 6. The van der Waals surface area contributed by atoms with Gasteiger partial charge in [0.2, 0.25) is 0 Å². The standard InChI is InChI=1S/C24H16N2O5/c1-29-21-11-10-17(15-7-3-4-8-16(15)21)22(27)26-24-25-19(13-30-24)18-12-14-6-2-5-9-20(14)31-23(18)28/h2-13H,1H3,(H,25,26,27). The van der Waals surface area contributed by atoms with Crippen LogP contribution in [0.3, 0.4) is 0 Å². The number of amides is 1. The predicted octanol–water partition coefficient (Wildman–Crippen LogP) is 4.86. The van der Waals surface area contributed by atoms with Crippen LogP contribution in [0.25, 0.3) is 33.0 Å². The van der Waals surface area contributed by atoms with Crippen LogP contribution in [-0.2, 0) is 0 Å². The van der Waals surface area contributed by atoms with Crippen molar-refractivity contribution in [3.63, 3.8) is 0 Å². The molecule has 0 bridgehead atoms. The lowest BCUT2D eigenvalue weighted by molar-refractivity contribution is 0.102. The van der Waals surface area contributed by atoms with Crippen LogP contribution in [0.4, 0.5) is 6.01 Å². The lowest BCUT2D eigenvalue weighted by Gasteiger charge is -2.09. The Morgan fingerprint density at radius 1 is 1.00 bits per heavy atom. The van der Waals surface area contributed by atoms with Gasteiger partial charge in [0.15, 0.2) is 0 Å². The van der Waals surface area contributed by atoms with Crippen molar-refractivity contribution < 1.29 is 18.4 Å². The molecule has 0 saturated heterocycles. The number of carbonyl (C=O) groups excluding carboxylic acids is 1. The molecule has 0 aliphatic heterocycles. The first-order valence-corrected chi connectivity index (χ1v) is 9.50. The fourth-order valence-corrected chi connectivity index (χ4v) is 3.51. The van der Waals surface area contributed by atoms with E-state index in [4.69, 9.17) is 13.6 Å². The van der Waals surface area contributed by atoms with Crippen LogP contribution in [0.2, 0.25) is 0 Å². The normalized spacial score (nSPS) is 11.0. The monoisotopic (exact) mass is 412 g/mol. The van der Waals surface area contributed by atoms with E-state index in [1.807, 2.05) is 36.4 Å². The Labute approximate surface area is 175 Å². The highest BCUT2D eigenvalue weighted by Gasteiger charge is 2.17. The van der Waals surface area contributed by atoms with Gasteiger partial charge in [-0.25, -0.2) is 4.79 Å². The minimum Gasteiger partial charge on any atom is -0.496 e. The van der Waals surface area contributed by atoms with Crippen LogP contribution in [-0.4, -0.2) is 18.0 Å². The maximum atomic E-state index is 12.9. The van der Waals surface area contributed by atoms with Crippen LogP contribution in [0.5, 0.6) is 5.75 Å². The van der Waals surface area contributed by atoms with E-state index in [9.17, 15) is 9.59 Å². The number of benzene rings is 3. The van der Waals surface area contributed by atoms with Crippen LogP contribution in [0, 0.1) is 0 Å². The third kappa shape index (κ3) is 3.32. The van der Waals surface area contributed by atoms with E-state index in [0.717, 1.165) is 16.2 Å². The number of para-hydroxylation sites is 1. The van der Waals surface area contributed by atoms with Gasteiger partial charge in [0.1, 0.15) is 23.3 Å². The third-order valence-corrected chi connectivity index (χ3v) is 4.99. The fourth-order valence-electron chi connectivity index (χ4n) is 3.51. The summed E-state index contributed by atoms with van der Waals surface area (Å²) in [5.74, 6) is 0.284. The maximum Gasteiger partial charge on any atom is 0.345 e. The van der Waals surface area contributed by atoms with Gasteiger partial charge in [0, 0.05) is 16.3 Å². The van der Waals surface area contributed by atoms with Gasteiger partial charge in [0.05, 0.1) is 12.7 Å². The summed E-state index contributed by atoms with van der Waals surface area (Å²) >= 11 is 0. The highest BCUT2D eigenvalue weighted by Crippen LogP contribution is 2.29. The van der Waals surface area contributed by atoms with E-state index in [2.05, 4.69) is 10.3 Å². The minimum atomic E-state index is -0.536. The number of nitrogens with zero attached hydrogens (tertiary/aromatic N) is 1. The zero-order chi connectivity index (χ0) is 21.4. The zero-order valence-electron chi connectivity index (χ0n) is 16.4. The number of aromatic nitrogens is 1. The van der Waals surface area contributed by atoms with Crippen molar-refractivity contribution in [2.24, 2.45) is 0 Å². The van der Waals surface area contributed by atoms with Crippen molar-refractivity contribution in [1.82, 2.24) is 4.98 Å². The first kappa shape index (κ1) is 18.6. The fraction of sp³-hybridized carbons (Fsp3) is 0.0417. The summed E-state index contributed by atoms with van der Waals surface area (Å²) in [6.45, 7) is 0. The second-order valence-electron chi connectivity index (χ2n) is 6.84. The summed E-state index contributed by atoms with van der Waals surface area (Å²) < 4.78 is 16.1. The summed E-state index contributed by atoms with van der Waals surface area (Å²) in [7, 11) is 1.58. The van der Waals surface area contributed by atoms with Crippen molar-refractivity contribution >= 4 is 33.7 Å². The van der Waals surface area contributed by atoms with Crippen LogP contribution in [0.15, 0.2) is 86.6 Å². The van der Waals surface area contributed by atoms with Gasteiger partial charge in [-0.1, -0.05) is 42.5 Å². The average molecular weight is 412 g/mol. The lowest BCUT2D eigenvalue weighted by atomic mass is 10.0. The van der Waals surface area contributed by atoms with E-state index < -0.39 is 11.5 Å². The first-order valence-electron chi connectivity index (χ1n) is 9.50. The van der Waals surface area contributed by atoms with E-state index in [0.29, 0.717) is 16.9 Å². The molecule has 0 spiro atoms. The quantitative estimate of drug-likeness (QED) is 0.424. The second-order valence-corrected chi connectivity index (χ2v) is 6.84. The maximum absolute atomic E-state index is 12.9. The van der Waals surface area contributed by atoms with Crippen LogP contribution < -0.4 is 15.7 Å². The van der Waals surface area contributed by atoms with Gasteiger partial charge in [-0.05, 0) is 29.7 Å². The average Bonchev–Trinajstić information content (AvgIpc) is 3.25. The smallest absolute Gasteiger partial charge is 0.345 e. The predicted molar refractivity (Wildman–Crippen MR) is 116 cm³/mol. The summed E-state index contributed by atoms with van der Waals surface area (Å²) in [5.41, 5.74) is 0.916. The molecule has 0 unspecified atom stereocenters. The molecule has 5 rings (SSSR count). The molecule has 2 aromatic heterocycles. The molecule has 0 radical (unpaired) electrons. The number of oxazole rings is 1. The number of nitrogens with one attached hydrogen (secondary N) is 1. The molecule has 3 aromatic carbocycles. The molecule has 2 heterocycles. The van der Waals surface area contributed by atoms with Gasteiger partial charge in [-0.15, -0.1) is 0 Å². The Morgan fingerprint density at radius 2 is 1.77 bits per heavy atom. The van der Waals surface area contributed by atoms with Gasteiger partial charge in [-0.3, -0.25) is 10.1 Å². The highest BCUT2D eigenvalue weighted by molar-refractivity contribution is 6.13. The lowest BCUT2D eigenvalue weighted by Crippen LogP contribution is -2.13. The number of carbonyl (C=O) groups is 1. The number of fused-ring (bicyclic) bond motifs is 2. The molecule has 5 aromatic rings. The Morgan fingerprint density at radius 3 is 2.61 bits per heavy atom. The van der Waals surface area contributed by atoms with Crippen molar-refractivity contribution in [3.8, 4) is 17.0 Å². The zero-order valence-corrected chi connectivity index (χ0v) is 16.4. The number of hydrogen-bond donors (Lipinski definition) is 1. The molecule has 0 fully saturated rings. The van der Waals surface area contributed by atoms with Crippen LogP contribution in [0.1, 0.15) is 10.4 Å². The van der Waals surface area contributed by atoms with Crippen molar-refractivity contribution in [2.45, 2.75) is 0 Å². The topological polar surface area (TPSA) is 94.6 Å². The molecular weight excluding hydrogens is 396 g/mol. The minimum absolute atomic E-state index is 0.0209. The molecule has 1 N–H and O–H groups in total. The summed E-state index contributed by atoms with van der Waals surface area (Å²) in [6.07, 6.45) is 1.31. The van der Waals surface area contributed by atoms with E-state index in [-0.39, 0.29) is 17.3 Å². The largest absolute Gasteiger partial charge is 0.496 e. The van der Waals surface area contributed by atoms with Gasteiger partial charge in [0.25, 0.3) is 5.91 Å². The highest BCUT2D eigenvalue weighted by atomic mass is 16.5. The molecule has 152 valence electrons. The Bertz CT molecular complexity index is 1500. The summed E-state index contributed by atoms with van der Waals surface area (Å²) in [5, 5.41) is 4.96. The summed E-state index contributed by atoms with van der Waals surface area (Å²) in [4.78, 5) is 29.5. The van der Waals surface area contributed by atoms with Crippen molar-refractivity contribution in [2.75, 3.05) is 12.4 Å². The number of anilines is 1. The molecule has 7 heteroatoms. The molecule has 0 aliphatic rings. The first-order chi connectivity index (χ1) is 15.1. The Balaban J connectivity index is 1.47. The van der Waals surface area contributed by atoms with Gasteiger partial charge >= 0.3 is 11.6 Å². The van der Waals surface area contributed by atoms with Crippen LogP contribution >= 0.6 is 0 Å².